The van der Waals surface area contributed by atoms with E-state index in [0.29, 0.717) is 6.54 Å². The van der Waals surface area contributed by atoms with Gasteiger partial charge in [0.05, 0.1) is 16.5 Å². The second kappa shape index (κ2) is 6.07. The number of sulfonamides is 1. The zero-order chi connectivity index (χ0) is 13.9. The molecule has 0 spiro atoms. The van der Waals surface area contributed by atoms with Crippen molar-refractivity contribution in [3.05, 3.63) is 29.0 Å². The van der Waals surface area contributed by atoms with E-state index < -0.39 is 15.8 Å². The van der Waals surface area contributed by atoms with E-state index in [-0.39, 0.29) is 22.4 Å². The Hall–Kier alpha value is -0.850. The first kappa shape index (κ1) is 14.6. The Balaban J connectivity index is 2.05. The summed E-state index contributed by atoms with van der Waals surface area (Å²) in [5, 5.41) is 3.35. The lowest BCUT2D eigenvalue weighted by molar-refractivity contribution is 0.404. The summed E-state index contributed by atoms with van der Waals surface area (Å²) in [6, 6.07) is 3.60. The van der Waals surface area contributed by atoms with E-state index in [4.69, 9.17) is 11.6 Å². The molecule has 2 rings (SSSR count). The van der Waals surface area contributed by atoms with Gasteiger partial charge in [-0.3, -0.25) is 4.72 Å². The van der Waals surface area contributed by atoms with Crippen LogP contribution >= 0.6 is 11.6 Å². The van der Waals surface area contributed by atoms with Crippen LogP contribution in [-0.2, 0) is 10.0 Å². The van der Waals surface area contributed by atoms with Gasteiger partial charge in [0.15, 0.2) is 0 Å². The van der Waals surface area contributed by atoms with Crippen molar-refractivity contribution < 1.29 is 12.8 Å². The predicted molar refractivity (Wildman–Crippen MR) is 74.4 cm³/mol. The molecule has 19 heavy (non-hydrogen) atoms. The molecule has 1 aromatic rings. The third-order valence-electron chi connectivity index (χ3n) is 3.05. The van der Waals surface area contributed by atoms with Gasteiger partial charge in [-0.25, -0.2) is 12.8 Å². The van der Waals surface area contributed by atoms with Crippen molar-refractivity contribution in [3.8, 4) is 0 Å². The number of nitrogens with one attached hydrogen (secondary N) is 2. The average molecular weight is 307 g/mol. The summed E-state index contributed by atoms with van der Waals surface area (Å²) in [7, 11) is -3.51. The largest absolute Gasteiger partial charge is 0.316 e. The van der Waals surface area contributed by atoms with Gasteiger partial charge in [-0.05, 0) is 50.0 Å². The minimum absolute atomic E-state index is 0.0207. The zero-order valence-electron chi connectivity index (χ0n) is 10.3. The molecule has 0 radical (unpaired) electrons. The quantitative estimate of drug-likeness (QED) is 0.897. The van der Waals surface area contributed by atoms with E-state index in [9.17, 15) is 12.8 Å². The first-order valence-corrected chi connectivity index (χ1v) is 8.15. The molecule has 0 bridgehead atoms. The topological polar surface area (TPSA) is 58.2 Å². The molecule has 1 atom stereocenters. The van der Waals surface area contributed by atoms with E-state index in [1.54, 1.807) is 0 Å². The maximum absolute atomic E-state index is 13.1. The third kappa shape index (κ3) is 4.33. The average Bonchev–Trinajstić information content (AvgIpc) is 2.34. The van der Waals surface area contributed by atoms with Crippen molar-refractivity contribution in [2.75, 3.05) is 23.6 Å². The first-order valence-electron chi connectivity index (χ1n) is 6.12. The van der Waals surface area contributed by atoms with E-state index >= 15 is 0 Å². The van der Waals surface area contributed by atoms with Crippen molar-refractivity contribution >= 4 is 27.3 Å². The fourth-order valence-electron chi connectivity index (χ4n) is 2.16. The second-order valence-corrected chi connectivity index (χ2v) is 6.89. The molecular weight excluding hydrogens is 291 g/mol. The Morgan fingerprint density at radius 1 is 1.47 bits per heavy atom. The molecule has 1 heterocycles. The maximum Gasteiger partial charge on any atom is 0.233 e. The highest BCUT2D eigenvalue weighted by Gasteiger charge is 2.21. The van der Waals surface area contributed by atoms with Gasteiger partial charge in [-0.15, -0.1) is 0 Å². The van der Waals surface area contributed by atoms with Crippen LogP contribution in [0.3, 0.4) is 0 Å². The number of rotatable bonds is 4. The number of halogens is 2. The molecule has 1 aromatic carbocycles. The maximum atomic E-state index is 13.1. The zero-order valence-corrected chi connectivity index (χ0v) is 11.9. The molecule has 2 N–H and O–H groups in total. The van der Waals surface area contributed by atoms with Crippen LogP contribution in [0.25, 0.3) is 0 Å². The van der Waals surface area contributed by atoms with Crippen molar-refractivity contribution in [2.24, 2.45) is 5.92 Å². The molecule has 4 nitrogen and oxygen atoms in total. The normalized spacial score (nSPS) is 20.2. The summed E-state index contributed by atoms with van der Waals surface area (Å²) in [6.45, 7) is 1.62. The molecular formula is C12H16ClFN2O2S. The standard InChI is InChI=1S/C12H16ClFN2O2S/c13-11-4-3-10(14)6-12(11)16-19(17,18)8-9-2-1-5-15-7-9/h3-4,6,9,15-16H,1-2,5,7-8H2. The van der Waals surface area contributed by atoms with Crippen LogP contribution in [0.15, 0.2) is 18.2 Å². The number of hydrogen-bond acceptors (Lipinski definition) is 3. The molecule has 1 saturated heterocycles. The van der Waals surface area contributed by atoms with Gasteiger partial charge in [-0.2, -0.15) is 0 Å². The fraction of sp³-hybridized carbons (Fsp3) is 0.500. The van der Waals surface area contributed by atoms with Crippen LogP contribution in [0, 0.1) is 11.7 Å². The van der Waals surface area contributed by atoms with Crippen LogP contribution in [0.4, 0.5) is 10.1 Å². The van der Waals surface area contributed by atoms with E-state index in [0.717, 1.165) is 25.5 Å². The third-order valence-corrected chi connectivity index (χ3v) is 4.82. The summed E-state index contributed by atoms with van der Waals surface area (Å²) in [5.41, 5.74) is 0.0884. The fourth-order valence-corrected chi connectivity index (χ4v) is 3.87. The number of hydrogen-bond donors (Lipinski definition) is 2. The molecule has 0 saturated carbocycles. The molecule has 106 valence electrons. The monoisotopic (exact) mass is 306 g/mol. The van der Waals surface area contributed by atoms with Crippen molar-refractivity contribution in [1.29, 1.82) is 0 Å². The Labute approximate surface area is 117 Å². The highest BCUT2D eigenvalue weighted by atomic mass is 35.5. The Kier molecular flexibility index (Phi) is 4.65. The molecule has 0 aromatic heterocycles. The Morgan fingerprint density at radius 3 is 2.95 bits per heavy atom. The summed E-state index contributed by atoms with van der Waals surface area (Å²) in [6.07, 6.45) is 1.85. The molecule has 1 aliphatic rings. The highest BCUT2D eigenvalue weighted by molar-refractivity contribution is 7.92. The first-order chi connectivity index (χ1) is 8.96. The lowest BCUT2D eigenvalue weighted by atomic mass is 10.0. The van der Waals surface area contributed by atoms with Gasteiger partial charge in [0.1, 0.15) is 5.82 Å². The summed E-state index contributed by atoms with van der Waals surface area (Å²) in [4.78, 5) is 0. The smallest absolute Gasteiger partial charge is 0.233 e. The molecule has 7 heteroatoms. The van der Waals surface area contributed by atoms with Crippen LogP contribution in [0.2, 0.25) is 5.02 Å². The highest BCUT2D eigenvalue weighted by Crippen LogP contribution is 2.24. The van der Waals surface area contributed by atoms with Crippen molar-refractivity contribution in [1.82, 2.24) is 5.32 Å². The van der Waals surface area contributed by atoms with Gasteiger partial charge in [-0.1, -0.05) is 11.6 Å². The molecule has 1 fully saturated rings. The van der Waals surface area contributed by atoms with Gasteiger partial charge in [0, 0.05) is 0 Å². The lowest BCUT2D eigenvalue weighted by Crippen LogP contribution is -2.35. The lowest BCUT2D eigenvalue weighted by Gasteiger charge is -2.22. The minimum Gasteiger partial charge on any atom is -0.316 e. The summed E-state index contributed by atoms with van der Waals surface area (Å²) >= 11 is 5.84. The number of piperidine rings is 1. The van der Waals surface area contributed by atoms with Crippen LogP contribution in [0.1, 0.15) is 12.8 Å². The molecule has 1 unspecified atom stereocenters. The summed E-state index contributed by atoms with van der Waals surface area (Å²) in [5.74, 6) is -0.424. The van der Waals surface area contributed by atoms with Gasteiger partial charge >= 0.3 is 0 Å². The van der Waals surface area contributed by atoms with Crippen LogP contribution in [0.5, 0.6) is 0 Å². The van der Waals surface area contributed by atoms with Gasteiger partial charge in [0.2, 0.25) is 10.0 Å². The molecule has 0 aliphatic carbocycles. The van der Waals surface area contributed by atoms with Crippen LogP contribution in [-0.4, -0.2) is 27.3 Å². The van der Waals surface area contributed by atoms with Crippen molar-refractivity contribution in [3.63, 3.8) is 0 Å². The second-order valence-electron chi connectivity index (χ2n) is 4.72. The van der Waals surface area contributed by atoms with Gasteiger partial charge in [0.25, 0.3) is 0 Å². The predicted octanol–water partition coefficient (Wildman–Crippen LogP) is 2.22. The van der Waals surface area contributed by atoms with Gasteiger partial charge < -0.3 is 5.32 Å². The van der Waals surface area contributed by atoms with Crippen LogP contribution < -0.4 is 10.0 Å². The minimum atomic E-state index is -3.51. The number of anilines is 1. The van der Waals surface area contributed by atoms with E-state index in [1.165, 1.54) is 12.1 Å². The summed E-state index contributed by atoms with van der Waals surface area (Å²) < 4.78 is 39.4. The SMILES string of the molecule is O=S(=O)(CC1CCCNC1)Nc1cc(F)ccc1Cl. The molecule has 0 amide bonds. The Bertz CT molecular complexity index is 545. The van der Waals surface area contributed by atoms with E-state index in [1.807, 2.05) is 0 Å². The van der Waals surface area contributed by atoms with Crippen molar-refractivity contribution in [2.45, 2.75) is 12.8 Å². The number of benzene rings is 1. The van der Waals surface area contributed by atoms with E-state index in [2.05, 4.69) is 10.0 Å². The Morgan fingerprint density at radius 2 is 2.26 bits per heavy atom. The molecule has 1 aliphatic heterocycles.